The summed E-state index contributed by atoms with van der Waals surface area (Å²) in [5.41, 5.74) is 20.5. The highest BCUT2D eigenvalue weighted by atomic mass is 35.5. The van der Waals surface area contributed by atoms with Crippen LogP contribution >= 0.6 is 12.4 Å². The normalized spacial score (nSPS) is 8.80. The van der Waals surface area contributed by atoms with E-state index in [4.69, 9.17) is 22.9 Å². The highest BCUT2D eigenvalue weighted by molar-refractivity contribution is 6.03. The molecule has 1 aromatic heterocycles. The van der Waals surface area contributed by atoms with Crippen molar-refractivity contribution in [1.29, 1.82) is 0 Å². The first-order valence-electron chi connectivity index (χ1n) is 3.52. The van der Waals surface area contributed by atoms with Gasteiger partial charge in [0.05, 0.1) is 6.20 Å². The molecule has 0 atom stereocenters. The first-order chi connectivity index (χ1) is 6.50. The van der Waals surface area contributed by atoms with E-state index in [2.05, 4.69) is 15.0 Å². The molecule has 0 aromatic carbocycles. The van der Waals surface area contributed by atoms with E-state index >= 15 is 0 Å². The maximum atomic E-state index is 11.2. The number of halogens is 1. The maximum absolute atomic E-state index is 11.2. The summed E-state index contributed by atoms with van der Waals surface area (Å²) >= 11 is 0. The molecule has 0 saturated heterocycles. The maximum Gasteiger partial charge on any atom is 0.302 e. The Labute approximate surface area is 91.2 Å². The molecule has 0 unspecified atom stereocenters. The number of aromatic nitrogens is 2. The summed E-state index contributed by atoms with van der Waals surface area (Å²) < 4.78 is 0. The average Bonchev–Trinajstić information content (AvgIpc) is 2.01. The number of carbonyl (C=O) groups excluding carboxylic acids is 1. The van der Waals surface area contributed by atoms with Gasteiger partial charge in [-0.05, 0) is 0 Å². The third-order valence-electron chi connectivity index (χ3n) is 1.25. The van der Waals surface area contributed by atoms with Crippen LogP contribution in [-0.4, -0.2) is 21.8 Å². The molecule has 0 bridgehead atoms. The number of nitrogens with two attached hydrogens (primary N) is 4. The van der Waals surface area contributed by atoms with Crippen LogP contribution in [0.1, 0.15) is 10.5 Å². The molecule has 1 heterocycles. The molecule has 1 aromatic rings. The van der Waals surface area contributed by atoms with Crippen LogP contribution in [0.5, 0.6) is 0 Å². The van der Waals surface area contributed by atoms with Crippen molar-refractivity contribution in [1.82, 2.24) is 9.97 Å². The summed E-state index contributed by atoms with van der Waals surface area (Å²) in [6, 6.07) is 0. The molecule has 8 N–H and O–H groups in total. The Bertz CT molecular complexity index is 400. The first-order valence-corrected chi connectivity index (χ1v) is 3.52. The number of carbonyl (C=O) groups is 1. The van der Waals surface area contributed by atoms with Crippen molar-refractivity contribution >= 4 is 35.9 Å². The van der Waals surface area contributed by atoms with E-state index in [1.54, 1.807) is 0 Å². The van der Waals surface area contributed by atoms with Gasteiger partial charge in [0, 0.05) is 0 Å². The lowest BCUT2D eigenvalue weighted by Gasteiger charge is -1.99. The summed E-state index contributed by atoms with van der Waals surface area (Å²) in [5.74, 6) is -1.12. The monoisotopic (exact) mass is 231 g/mol. The molecule has 0 aliphatic carbocycles. The van der Waals surface area contributed by atoms with E-state index in [0.717, 1.165) is 0 Å². The zero-order valence-electron chi connectivity index (χ0n) is 7.54. The van der Waals surface area contributed by atoms with E-state index in [9.17, 15) is 4.79 Å². The molecule has 1 rings (SSSR count). The molecular formula is C6H10ClN7O. The van der Waals surface area contributed by atoms with Gasteiger partial charge in [-0.1, -0.05) is 0 Å². The van der Waals surface area contributed by atoms with Gasteiger partial charge in [0.2, 0.25) is 0 Å². The Hall–Kier alpha value is -2.09. The molecule has 15 heavy (non-hydrogen) atoms. The van der Waals surface area contributed by atoms with Crippen LogP contribution in [0.25, 0.3) is 0 Å². The van der Waals surface area contributed by atoms with Crippen molar-refractivity contribution < 1.29 is 4.79 Å². The van der Waals surface area contributed by atoms with Crippen LogP contribution in [0.15, 0.2) is 11.2 Å². The molecule has 0 aliphatic heterocycles. The number of hydrogen-bond acceptors (Lipinski definition) is 5. The smallest absolute Gasteiger partial charge is 0.302 e. The molecule has 82 valence electrons. The fourth-order valence-corrected chi connectivity index (χ4v) is 0.753. The Morgan fingerprint density at radius 1 is 1.33 bits per heavy atom. The van der Waals surface area contributed by atoms with Crippen molar-refractivity contribution in [3.8, 4) is 0 Å². The Morgan fingerprint density at radius 3 is 2.40 bits per heavy atom. The Balaban J connectivity index is 0.00000196. The van der Waals surface area contributed by atoms with Crippen molar-refractivity contribution in [3.63, 3.8) is 0 Å². The third kappa shape index (κ3) is 3.27. The molecule has 0 aliphatic rings. The molecular weight excluding hydrogens is 222 g/mol. The predicted molar refractivity (Wildman–Crippen MR) is 58.2 cm³/mol. The van der Waals surface area contributed by atoms with E-state index in [1.807, 2.05) is 0 Å². The van der Waals surface area contributed by atoms with Gasteiger partial charge in [-0.25, -0.2) is 9.97 Å². The van der Waals surface area contributed by atoms with E-state index in [1.165, 1.54) is 6.20 Å². The number of amides is 1. The second-order valence-corrected chi connectivity index (χ2v) is 2.37. The summed E-state index contributed by atoms with van der Waals surface area (Å²) in [6.45, 7) is 0. The topological polar surface area (TPSA) is 159 Å². The van der Waals surface area contributed by atoms with Crippen LogP contribution in [0.2, 0.25) is 0 Å². The average molecular weight is 232 g/mol. The lowest BCUT2D eigenvalue weighted by Crippen LogP contribution is -2.24. The number of aliphatic imine (C=N–C) groups is 1. The quantitative estimate of drug-likeness (QED) is 0.337. The first kappa shape index (κ1) is 12.9. The second kappa shape index (κ2) is 4.96. The highest BCUT2D eigenvalue weighted by Gasteiger charge is 2.11. The summed E-state index contributed by atoms with van der Waals surface area (Å²) in [5, 5.41) is 0. The minimum absolute atomic E-state index is 0. The zero-order chi connectivity index (χ0) is 10.7. The minimum atomic E-state index is -0.755. The van der Waals surface area contributed by atoms with Crippen LogP contribution in [-0.2, 0) is 0 Å². The molecule has 9 heteroatoms. The van der Waals surface area contributed by atoms with Crippen LogP contribution in [0.4, 0.5) is 11.6 Å². The summed E-state index contributed by atoms with van der Waals surface area (Å²) in [4.78, 5) is 21.7. The Kier molecular flexibility index (Phi) is 4.27. The van der Waals surface area contributed by atoms with E-state index < -0.39 is 5.91 Å². The number of nitrogen functional groups attached to an aromatic ring is 2. The van der Waals surface area contributed by atoms with Gasteiger partial charge in [-0.15, -0.1) is 12.4 Å². The standard InChI is InChI=1S/C6H9N7O.ClH/c7-2-1-11-3(4(8)12-2)5(14)13-6(9)10;/h1H,(H4,7,8,12)(H4,9,10,13,14);1H. The molecule has 0 fully saturated rings. The second-order valence-electron chi connectivity index (χ2n) is 2.37. The number of anilines is 2. The fraction of sp³-hybridized carbons (Fsp3) is 0. The van der Waals surface area contributed by atoms with Gasteiger partial charge < -0.3 is 22.9 Å². The van der Waals surface area contributed by atoms with E-state index in [0.29, 0.717) is 0 Å². The van der Waals surface area contributed by atoms with Crippen molar-refractivity contribution in [2.24, 2.45) is 16.5 Å². The zero-order valence-corrected chi connectivity index (χ0v) is 8.36. The minimum Gasteiger partial charge on any atom is -0.382 e. The third-order valence-corrected chi connectivity index (χ3v) is 1.25. The summed E-state index contributed by atoms with van der Waals surface area (Å²) in [7, 11) is 0. The number of guanidine groups is 1. The van der Waals surface area contributed by atoms with Gasteiger partial charge in [-0.3, -0.25) is 4.79 Å². The molecule has 1 amide bonds. The van der Waals surface area contributed by atoms with Gasteiger partial charge in [0.15, 0.2) is 17.5 Å². The molecule has 0 saturated carbocycles. The van der Waals surface area contributed by atoms with Crippen LogP contribution in [0, 0.1) is 0 Å². The molecule has 8 nitrogen and oxygen atoms in total. The lowest BCUT2D eigenvalue weighted by molar-refractivity contribution is 0.0998. The van der Waals surface area contributed by atoms with Crippen LogP contribution in [0.3, 0.4) is 0 Å². The highest BCUT2D eigenvalue weighted by Crippen LogP contribution is 2.07. The van der Waals surface area contributed by atoms with Crippen LogP contribution < -0.4 is 22.9 Å². The SMILES string of the molecule is Cl.NC(N)=NC(=O)c1ncc(N)nc1N. The Morgan fingerprint density at radius 2 is 1.93 bits per heavy atom. The van der Waals surface area contributed by atoms with Gasteiger partial charge in [0.25, 0.3) is 0 Å². The predicted octanol–water partition coefficient (Wildman–Crippen LogP) is -1.52. The van der Waals surface area contributed by atoms with Gasteiger partial charge in [-0.2, -0.15) is 4.99 Å². The number of rotatable bonds is 1. The van der Waals surface area contributed by atoms with Crippen molar-refractivity contribution in [2.75, 3.05) is 11.5 Å². The number of hydrogen-bond donors (Lipinski definition) is 4. The lowest BCUT2D eigenvalue weighted by atomic mass is 10.4. The summed E-state index contributed by atoms with van der Waals surface area (Å²) in [6.07, 6.45) is 1.19. The van der Waals surface area contributed by atoms with Crippen molar-refractivity contribution in [3.05, 3.63) is 11.9 Å². The molecule has 0 radical (unpaired) electrons. The fourth-order valence-electron chi connectivity index (χ4n) is 0.753. The largest absolute Gasteiger partial charge is 0.382 e. The molecule has 0 spiro atoms. The van der Waals surface area contributed by atoms with Crippen molar-refractivity contribution in [2.45, 2.75) is 0 Å². The van der Waals surface area contributed by atoms with Gasteiger partial charge in [0.1, 0.15) is 5.82 Å². The number of nitrogens with zero attached hydrogens (tertiary/aromatic N) is 3. The van der Waals surface area contributed by atoms with Gasteiger partial charge >= 0.3 is 5.91 Å². The van der Waals surface area contributed by atoms with E-state index in [-0.39, 0.29) is 35.7 Å².